The smallest absolute Gasteiger partial charge is 0.240 e. The molecule has 1 heterocycles. The molecular formula is C18H21BrN2O2. The molecule has 2 atom stereocenters. The van der Waals surface area contributed by atoms with Crippen molar-refractivity contribution in [3.63, 3.8) is 0 Å². The Morgan fingerprint density at radius 2 is 2.17 bits per heavy atom. The van der Waals surface area contributed by atoms with Gasteiger partial charge in [0.25, 0.3) is 0 Å². The lowest BCUT2D eigenvalue weighted by Crippen LogP contribution is -2.42. The summed E-state index contributed by atoms with van der Waals surface area (Å²) in [6.07, 6.45) is 7.28. The zero-order chi connectivity index (χ0) is 16.4. The van der Waals surface area contributed by atoms with Gasteiger partial charge in [-0.05, 0) is 37.0 Å². The molecule has 1 saturated carbocycles. The third-order valence-corrected chi connectivity index (χ3v) is 5.27. The van der Waals surface area contributed by atoms with Crippen LogP contribution in [-0.4, -0.2) is 22.8 Å². The number of fused-ring (bicyclic) bond motifs is 1. The minimum Gasteiger partial charge on any atom is -0.352 e. The normalized spacial score (nSPS) is 21.3. The van der Waals surface area contributed by atoms with E-state index >= 15 is 0 Å². The highest BCUT2D eigenvalue weighted by Gasteiger charge is 2.23. The first kappa shape index (κ1) is 16.2. The molecule has 2 aromatic rings. The Bertz CT molecular complexity index is 738. The first-order valence-corrected chi connectivity index (χ1v) is 8.90. The average molecular weight is 377 g/mol. The summed E-state index contributed by atoms with van der Waals surface area (Å²) in [7, 11) is 0. The van der Waals surface area contributed by atoms with Crippen LogP contribution in [-0.2, 0) is 11.3 Å². The van der Waals surface area contributed by atoms with Gasteiger partial charge >= 0.3 is 0 Å². The molecule has 4 nitrogen and oxygen atoms in total. The topological polar surface area (TPSA) is 51.1 Å². The molecule has 0 aliphatic heterocycles. The van der Waals surface area contributed by atoms with Gasteiger partial charge in [0.2, 0.25) is 5.91 Å². The van der Waals surface area contributed by atoms with Crippen LogP contribution in [0.3, 0.4) is 0 Å². The number of rotatable bonds is 4. The Labute approximate surface area is 144 Å². The number of nitrogens with one attached hydrogen (secondary N) is 1. The fraction of sp³-hybridized carbons (Fsp3) is 0.444. The van der Waals surface area contributed by atoms with Gasteiger partial charge in [-0.3, -0.25) is 9.59 Å². The van der Waals surface area contributed by atoms with Gasteiger partial charge in [0, 0.05) is 33.2 Å². The zero-order valence-electron chi connectivity index (χ0n) is 13.2. The third-order valence-electron chi connectivity index (χ3n) is 4.77. The quantitative estimate of drug-likeness (QED) is 0.822. The summed E-state index contributed by atoms with van der Waals surface area (Å²) in [5.74, 6) is 0.552. The van der Waals surface area contributed by atoms with Gasteiger partial charge < -0.3 is 9.88 Å². The molecule has 0 unspecified atom stereocenters. The van der Waals surface area contributed by atoms with Crippen LogP contribution in [0, 0.1) is 5.92 Å². The second-order valence-electron chi connectivity index (χ2n) is 6.43. The van der Waals surface area contributed by atoms with Crippen molar-refractivity contribution in [3.05, 3.63) is 34.4 Å². The van der Waals surface area contributed by atoms with Crippen molar-refractivity contribution >= 4 is 39.0 Å². The van der Waals surface area contributed by atoms with Crippen LogP contribution in [0.2, 0.25) is 0 Å². The Morgan fingerprint density at radius 3 is 2.91 bits per heavy atom. The number of amides is 1. The van der Waals surface area contributed by atoms with Gasteiger partial charge in [-0.2, -0.15) is 0 Å². The summed E-state index contributed by atoms with van der Waals surface area (Å²) in [5.41, 5.74) is 1.52. The van der Waals surface area contributed by atoms with Crippen molar-refractivity contribution in [2.45, 2.75) is 45.2 Å². The number of hydrogen-bond donors (Lipinski definition) is 1. The molecule has 0 spiro atoms. The molecule has 23 heavy (non-hydrogen) atoms. The molecule has 0 bridgehead atoms. The van der Waals surface area contributed by atoms with Crippen molar-refractivity contribution in [2.24, 2.45) is 5.92 Å². The highest BCUT2D eigenvalue weighted by atomic mass is 79.9. The minimum absolute atomic E-state index is 0.0148. The first-order valence-electron chi connectivity index (χ1n) is 8.11. The zero-order valence-corrected chi connectivity index (χ0v) is 14.8. The molecular weight excluding hydrogens is 356 g/mol. The molecule has 1 N–H and O–H groups in total. The van der Waals surface area contributed by atoms with Gasteiger partial charge in [-0.25, -0.2) is 0 Å². The predicted molar refractivity (Wildman–Crippen MR) is 94.6 cm³/mol. The largest absolute Gasteiger partial charge is 0.352 e. The van der Waals surface area contributed by atoms with E-state index in [0.29, 0.717) is 11.5 Å². The molecule has 1 aromatic carbocycles. The van der Waals surface area contributed by atoms with Crippen molar-refractivity contribution in [1.29, 1.82) is 0 Å². The highest BCUT2D eigenvalue weighted by Crippen LogP contribution is 2.25. The van der Waals surface area contributed by atoms with Gasteiger partial charge in [0.15, 0.2) is 6.29 Å². The summed E-state index contributed by atoms with van der Waals surface area (Å²) < 4.78 is 2.78. The number of hydrogen-bond acceptors (Lipinski definition) is 2. The number of benzene rings is 1. The molecule has 0 radical (unpaired) electrons. The van der Waals surface area contributed by atoms with Gasteiger partial charge in [-0.1, -0.05) is 35.7 Å². The van der Waals surface area contributed by atoms with Crippen LogP contribution in [0.4, 0.5) is 0 Å². The lowest BCUT2D eigenvalue weighted by Gasteiger charge is -2.29. The van der Waals surface area contributed by atoms with Crippen LogP contribution in [0.25, 0.3) is 10.9 Å². The minimum atomic E-state index is 0.0148. The van der Waals surface area contributed by atoms with E-state index in [0.717, 1.165) is 28.1 Å². The summed E-state index contributed by atoms with van der Waals surface area (Å²) in [5, 5.41) is 4.03. The third kappa shape index (κ3) is 3.50. The molecule has 3 rings (SSSR count). The Morgan fingerprint density at radius 1 is 1.39 bits per heavy atom. The van der Waals surface area contributed by atoms with Crippen molar-refractivity contribution < 1.29 is 9.59 Å². The standard InChI is InChI=1S/C18H21BrN2O2/c1-12-4-2-3-5-16(12)20-18(23)10-21-9-13(11-22)15-8-14(19)6-7-17(15)21/h6-9,11-12,16H,2-5,10H2,1H3,(H,20,23)/t12-,16-/m0/s1. The first-order chi connectivity index (χ1) is 11.1. The van der Waals surface area contributed by atoms with Crippen LogP contribution in [0.1, 0.15) is 43.0 Å². The number of carbonyl (C=O) groups excluding carboxylic acids is 2. The second kappa shape index (κ2) is 6.87. The maximum Gasteiger partial charge on any atom is 0.240 e. The van der Waals surface area contributed by atoms with E-state index in [1.807, 2.05) is 22.8 Å². The van der Waals surface area contributed by atoms with Gasteiger partial charge in [-0.15, -0.1) is 0 Å². The summed E-state index contributed by atoms with van der Waals surface area (Å²) in [4.78, 5) is 23.7. The molecule has 1 aliphatic carbocycles. The van der Waals surface area contributed by atoms with E-state index in [1.54, 1.807) is 6.20 Å². The Balaban J connectivity index is 1.78. The average Bonchev–Trinajstić information content (AvgIpc) is 2.86. The molecule has 1 fully saturated rings. The van der Waals surface area contributed by atoms with Crippen molar-refractivity contribution in [3.8, 4) is 0 Å². The van der Waals surface area contributed by atoms with E-state index in [2.05, 4.69) is 28.2 Å². The summed E-state index contributed by atoms with van der Waals surface area (Å²) >= 11 is 3.42. The highest BCUT2D eigenvalue weighted by molar-refractivity contribution is 9.10. The second-order valence-corrected chi connectivity index (χ2v) is 7.34. The maximum atomic E-state index is 12.4. The number of nitrogens with zero attached hydrogens (tertiary/aromatic N) is 1. The van der Waals surface area contributed by atoms with E-state index in [9.17, 15) is 9.59 Å². The molecule has 1 aliphatic rings. The van der Waals surface area contributed by atoms with Crippen LogP contribution in [0.5, 0.6) is 0 Å². The number of carbonyl (C=O) groups is 2. The molecule has 1 amide bonds. The lowest BCUT2D eigenvalue weighted by atomic mass is 9.86. The lowest BCUT2D eigenvalue weighted by molar-refractivity contribution is -0.122. The Hall–Kier alpha value is -1.62. The predicted octanol–water partition coefficient (Wildman–Crippen LogP) is 3.91. The fourth-order valence-electron chi connectivity index (χ4n) is 3.46. The van der Waals surface area contributed by atoms with Crippen LogP contribution in [0.15, 0.2) is 28.9 Å². The van der Waals surface area contributed by atoms with Crippen LogP contribution < -0.4 is 5.32 Å². The van der Waals surface area contributed by atoms with Gasteiger partial charge in [0.05, 0.1) is 0 Å². The fourth-order valence-corrected chi connectivity index (χ4v) is 3.82. The molecule has 1 aromatic heterocycles. The number of aldehydes is 1. The number of halogens is 1. The Kier molecular flexibility index (Phi) is 4.85. The SMILES string of the molecule is C[C@H]1CCCC[C@@H]1NC(=O)Cn1cc(C=O)c2cc(Br)ccc21. The molecule has 5 heteroatoms. The number of aromatic nitrogens is 1. The monoisotopic (exact) mass is 376 g/mol. The van der Waals surface area contributed by atoms with E-state index in [4.69, 9.17) is 0 Å². The van der Waals surface area contributed by atoms with E-state index in [-0.39, 0.29) is 18.5 Å². The van der Waals surface area contributed by atoms with Crippen molar-refractivity contribution in [1.82, 2.24) is 9.88 Å². The van der Waals surface area contributed by atoms with Crippen LogP contribution >= 0.6 is 15.9 Å². The maximum absolute atomic E-state index is 12.4. The summed E-state index contributed by atoms with van der Waals surface area (Å²) in [6.45, 7) is 2.45. The van der Waals surface area contributed by atoms with Gasteiger partial charge in [0.1, 0.15) is 6.54 Å². The van der Waals surface area contributed by atoms with E-state index < -0.39 is 0 Å². The molecule has 122 valence electrons. The van der Waals surface area contributed by atoms with Crippen molar-refractivity contribution in [2.75, 3.05) is 0 Å². The van der Waals surface area contributed by atoms with E-state index in [1.165, 1.54) is 19.3 Å². The summed E-state index contributed by atoms with van der Waals surface area (Å²) in [6, 6.07) is 6.05. The molecule has 0 saturated heterocycles.